The van der Waals surface area contributed by atoms with Crippen molar-refractivity contribution < 1.29 is 28.5 Å². The molecule has 2 aromatic rings. The van der Waals surface area contributed by atoms with Crippen molar-refractivity contribution in [2.45, 2.75) is 0 Å². The van der Waals surface area contributed by atoms with Crippen LogP contribution in [0.2, 0.25) is 0 Å². The maximum Gasteiger partial charge on any atom is 0.331 e. The maximum atomic E-state index is 11.8. The zero-order chi connectivity index (χ0) is 19.6. The molecule has 0 atom stereocenters. The van der Waals surface area contributed by atoms with Crippen molar-refractivity contribution in [1.29, 1.82) is 0 Å². The molecule has 0 aromatic heterocycles. The lowest BCUT2D eigenvalue weighted by atomic mass is 10.2. The number of methoxy groups -OCH3 is 3. The molecule has 2 aromatic carbocycles. The van der Waals surface area contributed by atoms with Gasteiger partial charge in [0.1, 0.15) is 17.2 Å². The Morgan fingerprint density at radius 2 is 1.59 bits per heavy atom. The molecule has 1 amide bonds. The van der Waals surface area contributed by atoms with E-state index in [-0.39, 0.29) is 0 Å². The van der Waals surface area contributed by atoms with E-state index in [0.717, 1.165) is 0 Å². The molecule has 27 heavy (non-hydrogen) atoms. The van der Waals surface area contributed by atoms with Crippen LogP contribution < -0.4 is 19.5 Å². The van der Waals surface area contributed by atoms with Gasteiger partial charge in [0, 0.05) is 23.4 Å². The maximum absolute atomic E-state index is 11.8. The molecule has 0 heterocycles. The summed E-state index contributed by atoms with van der Waals surface area (Å²) in [5.41, 5.74) is 1.26. The molecule has 0 aliphatic carbocycles. The minimum Gasteiger partial charge on any atom is -0.497 e. The van der Waals surface area contributed by atoms with Crippen LogP contribution in [0.25, 0.3) is 6.08 Å². The molecule has 0 saturated heterocycles. The summed E-state index contributed by atoms with van der Waals surface area (Å²) < 4.78 is 20.3. The second kappa shape index (κ2) is 9.86. The number of esters is 1. The summed E-state index contributed by atoms with van der Waals surface area (Å²) >= 11 is 0. The number of carbonyl (C=O) groups is 2. The van der Waals surface area contributed by atoms with Crippen LogP contribution in [-0.2, 0) is 14.3 Å². The lowest BCUT2D eigenvalue weighted by molar-refractivity contribution is -0.142. The summed E-state index contributed by atoms with van der Waals surface area (Å²) in [7, 11) is 4.63. The third-order valence-electron chi connectivity index (χ3n) is 3.56. The van der Waals surface area contributed by atoms with Crippen molar-refractivity contribution in [1.82, 2.24) is 0 Å². The Hall–Kier alpha value is -3.48. The van der Waals surface area contributed by atoms with Crippen molar-refractivity contribution >= 4 is 23.6 Å². The quantitative estimate of drug-likeness (QED) is 0.567. The number of ether oxygens (including phenoxy) is 4. The van der Waals surface area contributed by atoms with Crippen molar-refractivity contribution in [2.24, 2.45) is 0 Å². The van der Waals surface area contributed by atoms with Gasteiger partial charge >= 0.3 is 5.97 Å². The van der Waals surface area contributed by atoms with Gasteiger partial charge in [0.15, 0.2) is 6.61 Å². The lowest BCUT2D eigenvalue weighted by Gasteiger charge is -2.07. The van der Waals surface area contributed by atoms with Crippen LogP contribution in [0.5, 0.6) is 17.2 Å². The number of anilines is 1. The van der Waals surface area contributed by atoms with Gasteiger partial charge in [-0.2, -0.15) is 0 Å². The van der Waals surface area contributed by atoms with E-state index in [0.29, 0.717) is 28.5 Å². The zero-order valence-corrected chi connectivity index (χ0v) is 15.4. The highest BCUT2D eigenvalue weighted by atomic mass is 16.5. The number of hydrogen-bond acceptors (Lipinski definition) is 6. The number of amides is 1. The Kier molecular flexibility index (Phi) is 7.25. The van der Waals surface area contributed by atoms with Crippen molar-refractivity contribution in [2.75, 3.05) is 33.3 Å². The van der Waals surface area contributed by atoms with Crippen LogP contribution in [-0.4, -0.2) is 39.8 Å². The smallest absolute Gasteiger partial charge is 0.331 e. The molecule has 0 bridgehead atoms. The van der Waals surface area contributed by atoms with Gasteiger partial charge in [0.25, 0.3) is 5.91 Å². The molecule has 0 aliphatic rings. The highest BCUT2D eigenvalue weighted by Gasteiger charge is 2.07. The van der Waals surface area contributed by atoms with Gasteiger partial charge in [0.2, 0.25) is 0 Å². The highest BCUT2D eigenvalue weighted by molar-refractivity contribution is 5.94. The fourth-order valence-corrected chi connectivity index (χ4v) is 2.17. The standard InChI is InChI=1S/C20H21NO6/c1-24-16-9-6-15(7-10-16)21-19(22)13-27-20(23)11-5-14-4-8-17(25-2)12-18(14)26-3/h4-12H,13H2,1-3H3,(H,21,22)/b11-5+. The zero-order valence-electron chi connectivity index (χ0n) is 15.4. The molecule has 2 rings (SSSR count). The summed E-state index contributed by atoms with van der Waals surface area (Å²) in [6, 6.07) is 12.0. The molecule has 0 fully saturated rings. The molecule has 0 unspecified atom stereocenters. The topological polar surface area (TPSA) is 83.1 Å². The van der Waals surface area contributed by atoms with Gasteiger partial charge in [-0.25, -0.2) is 4.79 Å². The monoisotopic (exact) mass is 371 g/mol. The molecule has 1 N–H and O–H groups in total. The first-order chi connectivity index (χ1) is 13.0. The van der Waals surface area contributed by atoms with E-state index in [9.17, 15) is 9.59 Å². The van der Waals surface area contributed by atoms with E-state index in [1.807, 2.05) is 0 Å². The Morgan fingerprint density at radius 3 is 2.22 bits per heavy atom. The van der Waals surface area contributed by atoms with Gasteiger partial charge in [-0.15, -0.1) is 0 Å². The van der Waals surface area contributed by atoms with Crippen LogP contribution in [0.4, 0.5) is 5.69 Å². The van der Waals surface area contributed by atoms with E-state index in [1.54, 1.807) is 62.8 Å². The Bertz CT molecular complexity index is 814. The van der Waals surface area contributed by atoms with E-state index >= 15 is 0 Å². The number of benzene rings is 2. The van der Waals surface area contributed by atoms with Gasteiger partial charge < -0.3 is 24.3 Å². The fraction of sp³-hybridized carbons (Fsp3) is 0.200. The minimum atomic E-state index is -0.641. The largest absolute Gasteiger partial charge is 0.497 e. The van der Waals surface area contributed by atoms with Gasteiger partial charge in [-0.3, -0.25) is 4.79 Å². The van der Waals surface area contributed by atoms with Crippen LogP contribution >= 0.6 is 0 Å². The number of carbonyl (C=O) groups excluding carboxylic acids is 2. The van der Waals surface area contributed by atoms with Crippen LogP contribution in [0.1, 0.15) is 5.56 Å². The minimum absolute atomic E-state index is 0.394. The molecular formula is C20H21NO6. The molecule has 0 spiro atoms. The van der Waals surface area contributed by atoms with Crippen molar-refractivity contribution in [3.63, 3.8) is 0 Å². The van der Waals surface area contributed by atoms with E-state index in [2.05, 4.69) is 5.32 Å². The Balaban J connectivity index is 1.86. The number of nitrogens with one attached hydrogen (secondary N) is 1. The van der Waals surface area contributed by atoms with E-state index < -0.39 is 18.5 Å². The Morgan fingerprint density at radius 1 is 0.926 bits per heavy atom. The third kappa shape index (κ3) is 6.07. The van der Waals surface area contributed by atoms with E-state index in [1.165, 1.54) is 13.2 Å². The predicted molar refractivity (Wildman–Crippen MR) is 101 cm³/mol. The Labute approximate surface area is 157 Å². The first-order valence-electron chi connectivity index (χ1n) is 8.06. The first-order valence-corrected chi connectivity index (χ1v) is 8.06. The number of rotatable bonds is 8. The molecule has 7 heteroatoms. The molecule has 7 nitrogen and oxygen atoms in total. The van der Waals surface area contributed by atoms with Gasteiger partial charge in [0.05, 0.1) is 21.3 Å². The second-order valence-corrected chi connectivity index (χ2v) is 5.33. The summed E-state index contributed by atoms with van der Waals surface area (Å²) in [6.45, 7) is -0.394. The second-order valence-electron chi connectivity index (χ2n) is 5.33. The molecular weight excluding hydrogens is 350 g/mol. The first kappa shape index (κ1) is 19.8. The summed E-state index contributed by atoms with van der Waals surface area (Å²) in [4.78, 5) is 23.6. The normalized spacial score (nSPS) is 10.3. The molecule has 0 radical (unpaired) electrons. The van der Waals surface area contributed by atoms with Gasteiger partial charge in [-0.05, 0) is 42.5 Å². The third-order valence-corrected chi connectivity index (χ3v) is 3.56. The van der Waals surface area contributed by atoms with Crippen LogP contribution in [0.15, 0.2) is 48.5 Å². The summed E-state index contributed by atoms with van der Waals surface area (Å²) in [6.07, 6.45) is 2.77. The number of hydrogen-bond donors (Lipinski definition) is 1. The predicted octanol–water partition coefficient (Wildman–Crippen LogP) is 2.91. The van der Waals surface area contributed by atoms with Crippen molar-refractivity contribution in [3.8, 4) is 17.2 Å². The van der Waals surface area contributed by atoms with Gasteiger partial charge in [-0.1, -0.05) is 0 Å². The van der Waals surface area contributed by atoms with Crippen molar-refractivity contribution in [3.05, 3.63) is 54.1 Å². The fourth-order valence-electron chi connectivity index (χ4n) is 2.17. The lowest BCUT2D eigenvalue weighted by Crippen LogP contribution is -2.20. The van der Waals surface area contributed by atoms with Crippen LogP contribution in [0, 0.1) is 0 Å². The SMILES string of the molecule is COc1ccc(NC(=O)COC(=O)/C=C/c2ccc(OC)cc2OC)cc1. The van der Waals surface area contributed by atoms with Crippen LogP contribution in [0.3, 0.4) is 0 Å². The summed E-state index contributed by atoms with van der Waals surface area (Å²) in [5, 5.41) is 2.62. The highest BCUT2D eigenvalue weighted by Crippen LogP contribution is 2.25. The summed E-state index contributed by atoms with van der Waals surface area (Å²) in [5.74, 6) is 0.789. The average Bonchev–Trinajstić information content (AvgIpc) is 2.71. The molecule has 142 valence electrons. The molecule has 0 saturated carbocycles. The molecule has 0 aliphatic heterocycles. The average molecular weight is 371 g/mol. The van der Waals surface area contributed by atoms with E-state index in [4.69, 9.17) is 18.9 Å².